The molecule has 0 saturated heterocycles. The minimum absolute atomic E-state index is 0.263. The molecule has 1 heterocycles. The zero-order valence-electron chi connectivity index (χ0n) is 13.5. The van der Waals surface area contributed by atoms with E-state index in [4.69, 9.17) is 0 Å². The van der Waals surface area contributed by atoms with Crippen LogP contribution < -0.4 is 10.6 Å². The van der Waals surface area contributed by atoms with E-state index in [1.807, 2.05) is 27.8 Å². The molecule has 1 aromatic rings. The highest BCUT2D eigenvalue weighted by Crippen LogP contribution is 2.24. The summed E-state index contributed by atoms with van der Waals surface area (Å²) in [5.41, 5.74) is 0.293. The molecule has 1 rings (SSSR count). The first-order chi connectivity index (χ1) is 9.36. The molecule has 0 unspecified atom stereocenters. The van der Waals surface area contributed by atoms with Gasteiger partial charge in [0.05, 0.1) is 5.60 Å². The summed E-state index contributed by atoms with van der Waals surface area (Å²) >= 11 is 0. The van der Waals surface area contributed by atoms with Gasteiger partial charge in [0.15, 0.2) is 0 Å². The van der Waals surface area contributed by atoms with Crippen LogP contribution in [0.15, 0.2) is 0 Å². The Balaban J connectivity index is 3.02. The lowest BCUT2D eigenvalue weighted by atomic mass is 9.97. The zero-order chi connectivity index (χ0) is 15.3. The van der Waals surface area contributed by atoms with Gasteiger partial charge in [-0.05, 0) is 19.8 Å². The predicted molar refractivity (Wildman–Crippen MR) is 84.4 cm³/mol. The molecule has 114 valence electrons. The number of aliphatic hydroxyl groups is 1. The van der Waals surface area contributed by atoms with Crippen molar-refractivity contribution in [3.63, 3.8) is 0 Å². The quantitative estimate of drug-likeness (QED) is 0.716. The Morgan fingerprint density at radius 3 is 2.15 bits per heavy atom. The Morgan fingerprint density at radius 2 is 1.70 bits per heavy atom. The fraction of sp³-hybridized carbons (Fsp3) is 0.733. The first-order valence-corrected chi connectivity index (χ1v) is 7.39. The second kappa shape index (κ2) is 6.88. The molecule has 0 spiro atoms. The normalized spacial score (nSPS) is 11.8. The Hall–Kier alpha value is -1.36. The summed E-state index contributed by atoms with van der Waals surface area (Å²) < 4.78 is 0. The number of rotatable bonds is 7. The number of nitrogens with one attached hydrogen (secondary N) is 2. The molecule has 0 saturated carbocycles. The van der Waals surface area contributed by atoms with Crippen molar-refractivity contribution in [1.82, 2.24) is 9.97 Å². The molecule has 0 bridgehead atoms. The molecular formula is C15H28N4O. The van der Waals surface area contributed by atoms with Gasteiger partial charge >= 0.3 is 0 Å². The smallest absolute Gasteiger partial charge is 0.135 e. The number of hydrogen-bond acceptors (Lipinski definition) is 5. The summed E-state index contributed by atoms with van der Waals surface area (Å²) in [6.07, 6.45) is 1.44. The molecule has 5 nitrogen and oxygen atoms in total. The molecular weight excluding hydrogens is 252 g/mol. The fourth-order valence-corrected chi connectivity index (χ4v) is 1.96. The van der Waals surface area contributed by atoms with E-state index in [9.17, 15) is 5.11 Å². The molecule has 5 heteroatoms. The van der Waals surface area contributed by atoms with Gasteiger partial charge in [-0.25, -0.2) is 9.97 Å². The van der Waals surface area contributed by atoms with Crippen LogP contribution in [0.1, 0.15) is 57.8 Å². The van der Waals surface area contributed by atoms with Gasteiger partial charge in [-0.1, -0.05) is 27.7 Å². The van der Waals surface area contributed by atoms with Crippen LogP contribution in [-0.2, 0) is 0 Å². The third-order valence-corrected chi connectivity index (χ3v) is 3.82. The van der Waals surface area contributed by atoms with E-state index in [1.54, 1.807) is 0 Å². The second-order valence-corrected chi connectivity index (χ2v) is 5.59. The van der Waals surface area contributed by atoms with Crippen molar-refractivity contribution in [3.8, 4) is 0 Å². The van der Waals surface area contributed by atoms with Gasteiger partial charge < -0.3 is 15.7 Å². The van der Waals surface area contributed by atoms with Crippen molar-refractivity contribution >= 4 is 11.6 Å². The lowest BCUT2D eigenvalue weighted by Crippen LogP contribution is -2.35. The third kappa shape index (κ3) is 3.82. The lowest BCUT2D eigenvalue weighted by molar-refractivity contribution is 0.0456. The first kappa shape index (κ1) is 16.7. The highest BCUT2D eigenvalue weighted by Gasteiger charge is 2.23. The van der Waals surface area contributed by atoms with Gasteiger partial charge in [-0.2, -0.15) is 0 Å². The van der Waals surface area contributed by atoms with Crippen LogP contribution in [0.2, 0.25) is 0 Å². The highest BCUT2D eigenvalue weighted by molar-refractivity contribution is 5.57. The average molecular weight is 280 g/mol. The number of nitrogens with zero attached hydrogens (tertiary/aromatic N) is 2. The van der Waals surface area contributed by atoms with Crippen molar-refractivity contribution < 1.29 is 5.11 Å². The molecule has 1 aromatic heterocycles. The zero-order valence-corrected chi connectivity index (χ0v) is 13.5. The lowest BCUT2D eigenvalue weighted by Gasteiger charge is -2.26. The molecule has 0 radical (unpaired) electrons. The van der Waals surface area contributed by atoms with Crippen LogP contribution in [0.25, 0.3) is 0 Å². The molecule has 3 N–H and O–H groups in total. The minimum Gasteiger partial charge on any atom is -0.388 e. The molecule has 0 aliphatic carbocycles. The van der Waals surface area contributed by atoms with Crippen LogP contribution in [0.3, 0.4) is 0 Å². The maximum atomic E-state index is 10.4. The van der Waals surface area contributed by atoms with E-state index in [0.29, 0.717) is 6.54 Å². The summed E-state index contributed by atoms with van der Waals surface area (Å²) in [6.45, 7) is 10.6. The highest BCUT2D eigenvalue weighted by atomic mass is 16.3. The van der Waals surface area contributed by atoms with E-state index in [0.717, 1.165) is 35.9 Å². The SMILES string of the molecule is CCC(O)(CC)CNc1nc(C(C)C)nc(NC)c1C. The van der Waals surface area contributed by atoms with Crippen LogP contribution in [0.5, 0.6) is 0 Å². The van der Waals surface area contributed by atoms with Crippen molar-refractivity contribution in [3.05, 3.63) is 11.4 Å². The Bertz CT molecular complexity index is 442. The summed E-state index contributed by atoms with van der Waals surface area (Å²) in [6, 6.07) is 0. The van der Waals surface area contributed by atoms with Crippen LogP contribution in [0, 0.1) is 6.92 Å². The van der Waals surface area contributed by atoms with Crippen LogP contribution in [-0.4, -0.2) is 34.3 Å². The van der Waals surface area contributed by atoms with E-state index < -0.39 is 5.60 Å². The molecule has 0 aliphatic rings. The second-order valence-electron chi connectivity index (χ2n) is 5.59. The van der Waals surface area contributed by atoms with Crippen molar-refractivity contribution in [2.45, 2.75) is 59.0 Å². The van der Waals surface area contributed by atoms with E-state index >= 15 is 0 Å². The summed E-state index contributed by atoms with van der Waals surface area (Å²) in [5, 5.41) is 16.8. The van der Waals surface area contributed by atoms with Gasteiger partial charge in [-0.15, -0.1) is 0 Å². The van der Waals surface area contributed by atoms with Crippen molar-refractivity contribution in [1.29, 1.82) is 0 Å². The predicted octanol–water partition coefficient (Wildman–Crippen LogP) is 2.91. The van der Waals surface area contributed by atoms with E-state index in [-0.39, 0.29) is 5.92 Å². The van der Waals surface area contributed by atoms with Gasteiger partial charge in [0, 0.05) is 25.1 Å². The Labute approximate surface area is 122 Å². The summed E-state index contributed by atoms with van der Waals surface area (Å²) in [5.74, 6) is 2.70. The maximum absolute atomic E-state index is 10.4. The minimum atomic E-state index is -0.685. The first-order valence-electron chi connectivity index (χ1n) is 7.39. The molecule has 0 amide bonds. The number of anilines is 2. The van der Waals surface area contributed by atoms with E-state index in [2.05, 4.69) is 34.4 Å². The van der Waals surface area contributed by atoms with Crippen molar-refractivity contribution in [2.75, 3.05) is 24.2 Å². The summed E-state index contributed by atoms with van der Waals surface area (Å²) in [7, 11) is 1.86. The molecule has 0 aromatic carbocycles. The monoisotopic (exact) mass is 280 g/mol. The largest absolute Gasteiger partial charge is 0.388 e. The number of hydrogen-bond donors (Lipinski definition) is 3. The third-order valence-electron chi connectivity index (χ3n) is 3.82. The molecule has 0 fully saturated rings. The topological polar surface area (TPSA) is 70.1 Å². The van der Waals surface area contributed by atoms with E-state index in [1.165, 1.54) is 0 Å². The number of aromatic nitrogens is 2. The van der Waals surface area contributed by atoms with Gasteiger partial charge in [0.25, 0.3) is 0 Å². The van der Waals surface area contributed by atoms with Gasteiger partial charge in [0.2, 0.25) is 0 Å². The molecule has 20 heavy (non-hydrogen) atoms. The Morgan fingerprint density at radius 1 is 1.15 bits per heavy atom. The fourth-order valence-electron chi connectivity index (χ4n) is 1.96. The standard InChI is InChI=1S/C15H28N4O/c1-7-15(20,8-2)9-17-14-11(5)13(16-6)18-12(19-14)10(3)4/h10,20H,7-9H2,1-6H3,(H2,16,17,18,19). The van der Waals surface area contributed by atoms with Gasteiger partial charge in [0.1, 0.15) is 17.5 Å². The van der Waals surface area contributed by atoms with Crippen LogP contribution >= 0.6 is 0 Å². The molecule has 0 atom stereocenters. The Kier molecular flexibility index (Phi) is 5.74. The van der Waals surface area contributed by atoms with Crippen molar-refractivity contribution in [2.24, 2.45) is 0 Å². The average Bonchev–Trinajstić information content (AvgIpc) is 2.45. The summed E-state index contributed by atoms with van der Waals surface area (Å²) in [4.78, 5) is 9.09. The van der Waals surface area contributed by atoms with Gasteiger partial charge in [-0.3, -0.25) is 0 Å². The van der Waals surface area contributed by atoms with Crippen LogP contribution in [0.4, 0.5) is 11.6 Å². The molecule has 0 aliphatic heterocycles. The maximum Gasteiger partial charge on any atom is 0.135 e.